The quantitative estimate of drug-likeness (QED) is 0.478. The Bertz CT molecular complexity index is 1310. The third-order valence-corrected chi connectivity index (χ3v) is 6.84. The van der Waals surface area contributed by atoms with E-state index in [-0.39, 0.29) is 0 Å². The van der Waals surface area contributed by atoms with Crippen LogP contribution in [-0.4, -0.2) is 33.7 Å². The van der Waals surface area contributed by atoms with E-state index < -0.39 is 0 Å². The summed E-state index contributed by atoms with van der Waals surface area (Å²) in [5.41, 5.74) is 22.4. The molecule has 1 aliphatic rings. The lowest BCUT2D eigenvalue weighted by Crippen LogP contribution is -2.39. The lowest BCUT2D eigenvalue weighted by atomic mass is 9.97. The lowest BCUT2D eigenvalue weighted by molar-refractivity contribution is 0.501. The van der Waals surface area contributed by atoms with Gasteiger partial charge in [-0.25, -0.2) is 4.98 Å². The SMILES string of the molecule is CCc1ccc(N2CCC(N)CC2)cc1-c1cnn2c(N)c(-c3cccc(C)c3)c(C)nc12. The van der Waals surface area contributed by atoms with Gasteiger partial charge in [-0.15, -0.1) is 0 Å². The molecule has 6 nitrogen and oxygen atoms in total. The Hall–Kier alpha value is -3.38. The summed E-state index contributed by atoms with van der Waals surface area (Å²) in [6.07, 6.45) is 4.90. The Morgan fingerprint density at radius 1 is 1.03 bits per heavy atom. The monoisotopic (exact) mass is 440 g/mol. The summed E-state index contributed by atoms with van der Waals surface area (Å²) >= 11 is 0. The summed E-state index contributed by atoms with van der Waals surface area (Å²) in [6, 6.07) is 15.4. The van der Waals surface area contributed by atoms with Crippen LogP contribution in [0.1, 0.15) is 36.6 Å². The number of nitrogens with two attached hydrogens (primary N) is 2. The molecule has 1 saturated heterocycles. The van der Waals surface area contributed by atoms with Crippen molar-refractivity contribution in [2.24, 2.45) is 5.73 Å². The second-order valence-electron chi connectivity index (χ2n) is 9.14. The van der Waals surface area contributed by atoms with Gasteiger partial charge < -0.3 is 16.4 Å². The van der Waals surface area contributed by atoms with Gasteiger partial charge in [0.25, 0.3) is 0 Å². The summed E-state index contributed by atoms with van der Waals surface area (Å²) in [7, 11) is 0. The van der Waals surface area contributed by atoms with Crippen molar-refractivity contribution in [3.05, 3.63) is 65.5 Å². The van der Waals surface area contributed by atoms with Crippen LogP contribution in [0.4, 0.5) is 11.5 Å². The van der Waals surface area contributed by atoms with Crippen molar-refractivity contribution in [1.82, 2.24) is 14.6 Å². The second-order valence-corrected chi connectivity index (χ2v) is 9.14. The number of nitrogen functional groups attached to an aromatic ring is 1. The molecular formula is C27H32N6. The number of fused-ring (bicyclic) bond motifs is 1. The molecule has 5 rings (SSSR count). The highest BCUT2D eigenvalue weighted by molar-refractivity contribution is 5.86. The molecule has 0 aliphatic carbocycles. The standard InChI is InChI=1S/C27H32N6/c1-4-19-8-9-22(32-12-10-21(28)11-13-32)15-23(19)24-16-30-33-26(29)25(18(3)31-27(24)33)20-7-5-6-17(2)14-20/h5-9,14-16,21H,4,10-13,28-29H2,1-3H3. The number of rotatable bonds is 4. The summed E-state index contributed by atoms with van der Waals surface area (Å²) in [5, 5.41) is 4.67. The fraction of sp³-hybridized carbons (Fsp3) is 0.333. The van der Waals surface area contributed by atoms with Gasteiger partial charge in [-0.2, -0.15) is 9.61 Å². The average Bonchev–Trinajstić information content (AvgIpc) is 3.23. The molecule has 0 amide bonds. The third kappa shape index (κ3) is 3.85. The van der Waals surface area contributed by atoms with E-state index in [0.717, 1.165) is 60.4 Å². The van der Waals surface area contributed by atoms with E-state index in [1.807, 2.05) is 13.1 Å². The molecule has 2 aromatic carbocycles. The van der Waals surface area contributed by atoms with Crippen LogP contribution in [0, 0.1) is 13.8 Å². The van der Waals surface area contributed by atoms with Crippen molar-refractivity contribution in [2.75, 3.05) is 23.7 Å². The summed E-state index contributed by atoms with van der Waals surface area (Å²) < 4.78 is 1.78. The highest BCUT2D eigenvalue weighted by Crippen LogP contribution is 2.36. The molecule has 1 fully saturated rings. The first kappa shape index (κ1) is 21.5. The zero-order chi connectivity index (χ0) is 23.1. The number of anilines is 2. The first-order chi connectivity index (χ1) is 16.0. The van der Waals surface area contributed by atoms with Crippen LogP contribution in [-0.2, 0) is 6.42 Å². The van der Waals surface area contributed by atoms with E-state index in [9.17, 15) is 0 Å². The number of nitrogens with zero attached hydrogens (tertiary/aromatic N) is 4. The van der Waals surface area contributed by atoms with Crippen molar-refractivity contribution in [2.45, 2.75) is 46.1 Å². The van der Waals surface area contributed by atoms with Gasteiger partial charge in [0.1, 0.15) is 5.82 Å². The zero-order valence-electron chi connectivity index (χ0n) is 19.7. The predicted octanol–water partition coefficient (Wildman–Crippen LogP) is 4.75. The second kappa shape index (κ2) is 8.52. The van der Waals surface area contributed by atoms with E-state index in [1.165, 1.54) is 22.4 Å². The molecule has 0 bridgehead atoms. The minimum Gasteiger partial charge on any atom is -0.383 e. The molecule has 33 heavy (non-hydrogen) atoms. The molecule has 0 atom stereocenters. The minimum atomic E-state index is 0.313. The van der Waals surface area contributed by atoms with Crippen LogP contribution >= 0.6 is 0 Å². The first-order valence-electron chi connectivity index (χ1n) is 11.8. The molecule has 170 valence electrons. The minimum absolute atomic E-state index is 0.313. The van der Waals surface area contributed by atoms with Crippen LogP contribution in [0.5, 0.6) is 0 Å². The highest BCUT2D eigenvalue weighted by Gasteiger charge is 2.21. The van der Waals surface area contributed by atoms with Crippen molar-refractivity contribution in [3.8, 4) is 22.3 Å². The van der Waals surface area contributed by atoms with Crippen molar-refractivity contribution < 1.29 is 0 Å². The molecule has 4 N–H and O–H groups in total. The summed E-state index contributed by atoms with van der Waals surface area (Å²) in [4.78, 5) is 7.43. The topological polar surface area (TPSA) is 85.5 Å². The zero-order valence-corrected chi connectivity index (χ0v) is 19.7. The third-order valence-electron chi connectivity index (χ3n) is 6.84. The molecule has 3 heterocycles. The molecule has 2 aromatic heterocycles. The largest absolute Gasteiger partial charge is 0.383 e. The number of hydrogen-bond acceptors (Lipinski definition) is 5. The fourth-order valence-corrected chi connectivity index (χ4v) is 4.96. The van der Waals surface area contributed by atoms with Crippen LogP contribution in [0.2, 0.25) is 0 Å². The Morgan fingerprint density at radius 3 is 2.55 bits per heavy atom. The summed E-state index contributed by atoms with van der Waals surface area (Å²) in [5.74, 6) is 0.619. The molecule has 0 spiro atoms. The van der Waals surface area contributed by atoms with Gasteiger partial charge in [0.05, 0.1) is 11.9 Å². The van der Waals surface area contributed by atoms with Crippen molar-refractivity contribution >= 4 is 17.2 Å². The number of piperidine rings is 1. The molecular weight excluding hydrogens is 408 g/mol. The Labute approximate surface area is 195 Å². The summed E-state index contributed by atoms with van der Waals surface area (Å²) in [6.45, 7) is 8.28. The van der Waals surface area contributed by atoms with Gasteiger partial charge in [0, 0.05) is 35.9 Å². The number of aryl methyl sites for hydroxylation is 3. The number of hydrogen-bond donors (Lipinski definition) is 2. The number of aromatic nitrogens is 3. The fourth-order valence-electron chi connectivity index (χ4n) is 4.96. The van der Waals surface area contributed by atoms with E-state index in [0.29, 0.717) is 11.9 Å². The Kier molecular flexibility index (Phi) is 5.54. The van der Waals surface area contributed by atoms with Crippen LogP contribution in [0.3, 0.4) is 0 Å². The molecule has 0 radical (unpaired) electrons. The maximum Gasteiger partial charge on any atom is 0.165 e. The normalized spacial score (nSPS) is 14.8. The molecule has 6 heteroatoms. The lowest BCUT2D eigenvalue weighted by Gasteiger charge is -2.32. The maximum absolute atomic E-state index is 6.66. The Balaban J connectivity index is 1.63. The van der Waals surface area contributed by atoms with E-state index in [2.05, 4.69) is 66.3 Å². The van der Waals surface area contributed by atoms with Crippen LogP contribution < -0.4 is 16.4 Å². The van der Waals surface area contributed by atoms with E-state index >= 15 is 0 Å². The molecule has 1 aliphatic heterocycles. The molecule has 0 saturated carbocycles. The molecule has 4 aromatic rings. The van der Waals surface area contributed by atoms with Crippen molar-refractivity contribution in [3.63, 3.8) is 0 Å². The smallest absolute Gasteiger partial charge is 0.165 e. The van der Waals surface area contributed by atoms with Gasteiger partial charge in [0.2, 0.25) is 0 Å². The predicted molar refractivity (Wildman–Crippen MR) is 137 cm³/mol. The van der Waals surface area contributed by atoms with Crippen LogP contribution in [0.25, 0.3) is 27.9 Å². The number of benzene rings is 2. The van der Waals surface area contributed by atoms with Gasteiger partial charge >= 0.3 is 0 Å². The van der Waals surface area contributed by atoms with E-state index in [4.69, 9.17) is 16.5 Å². The first-order valence-corrected chi connectivity index (χ1v) is 11.8. The highest BCUT2D eigenvalue weighted by atomic mass is 15.3. The Morgan fingerprint density at radius 2 is 1.82 bits per heavy atom. The maximum atomic E-state index is 6.66. The van der Waals surface area contributed by atoms with Gasteiger partial charge in [0.15, 0.2) is 5.65 Å². The van der Waals surface area contributed by atoms with Gasteiger partial charge in [-0.3, -0.25) is 0 Å². The van der Waals surface area contributed by atoms with Crippen molar-refractivity contribution in [1.29, 1.82) is 0 Å². The van der Waals surface area contributed by atoms with E-state index in [1.54, 1.807) is 4.52 Å². The van der Waals surface area contributed by atoms with Crippen LogP contribution in [0.15, 0.2) is 48.7 Å². The van der Waals surface area contributed by atoms with Gasteiger partial charge in [-0.1, -0.05) is 42.8 Å². The average molecular weight is 441 g/mol. The van der Waals surface area contributed by atoms with Gasteiger partial charge in [-0.05, 0) is 61.9 Å². The molecule has 0 unspecified atom stereocenters.